The summed E-state index contributed by atoms with van der Waals surface area (Å²) >= 11 is 0. The second-order valence-electron chi connectivity index (χ2n) is 3.34. The van der Waals surface area contributed by atoms with Gasteiger partial charge in [-0.05, 0) is 24.1 Å². The van der Waals surface area contributed by atoms with Crippen molar-refractivity contribution in [2.24, 2.45) is 0 Å². The molecule has 0 bridgehead atoms. The maximum Gasteiger partial charge on any atom is 0.419 e. The molecule has 6 heteroatoms. The van der Waals surface area contributed by atoms with Gasteiger partial charge in [0, 0.05) is 0 Å². The number of carboxylic acid groups (broad SMARTS) is 1. The third-order valence-electron chi connectivity index (χ3n) is 1.98. The Bertz CT molecular complexity index is 424. The third kappa shape index (κ3) is 2.71. The number of aryl methyl sites for hydroxylation is 1. The van der Waals surface area contributed by atoms with Crippen LogP contribution in [0.1, 0.15) is 16.7 Å². The van der Waals surface area contributed by atoms with Crippen molar-refractivity contribution in [3.05, 3.63) is 34.6 Å². The van der Waals surface area contributed by atoms with Crippen LogP contribution in [0.3, 0.4) is 0 Å². The van der Waals surface area contributed by atoms with Gasteiger partial charge in [-0.1, -0.05) is 6.07 Å². The van der Waals surface area contributed by atoms with Crippen molar-refractivity contribution in [1.82, 2.24) is 0 Å². The van der Waals surface area contributed by atoms with Gasteiger partial charge in [-0.15, -0.1) is 0 Å². The lowest BCUT2D eigenvalue weighted by molar-refractivity contribution is -0.140. The van der Waals surface area contributed by atoms with E-state index in [1.165, 1.54) is 0 Å². The molecular formula is C10H8F4O2. The molecule has 0 radical (unpaired) electrons. The van der Waals surface area contributed by atoms with Crippen LogP contribution in [0.15, 0.2) is 12.1 Å². The van der Waals surface area contributed by atoms with E-state index >= 15 is 0 Å². The Hall–Kier alpha value is -1.59. The molecule has 16 heavy (non-hydrogen) atoms. The molecule has 1 aromatic carbocycles. The zero-order valence-electron chi connectivity index (χ0n) is 8.23. The van der Waals surface area contributed by atoms with Crippen LogP contribution in [-0.2, 0) is 17.4 Å². The van der Waals surface area contributed by atoms with Crippen LogP contribution in [0, 0.1) is 12.7 Å². The molecule has 0 saturated heterocycles. The molecule has 0 unspecified atom stereocenters. The fourth-order valence-corrected chi connectivity index (χ4v) is 1.33. The average molecular weight is 236 g/mol. The Balaban J connectivity index is 3.28. The lowest BCUT2D eigenvalue weighted by atomic mass is 10.0. The van der Waals surface area contributed by atoms with Gasteiger partial charge in [0.05, 0.1) is 12.0 Å². The minimum Gasteiger partial charge on any atom is -0.481 e. The number of hydrogen-bond acceptors (Lipinski definition) is 1. The topological polar surface area (TPSA) is 37.3 Å². The monoisotopic (exact) mass is 236 g/mol. The van der Waals surface area contributed by atoms with Gasteiger partial charge in [0.15, 0.2) is 0 Å². The molecule has 0 aliphatic carbocycles. The van der Waals surface area contributed by atoms with Crippen molar-refractivity contribution in [1.29, 1.82) is 0 Å². The Morgan fingerprint density at radius 2 is 1.94 bits per heavy atom. The number of hydrogen-bond donors (Lipinski definition) is 1. The Kier molecular flexibility index (Phi) is 3.21. The number of carboxylic acids is 1. The first-order chi connectivity index (χ1) is 7.21. The predicted molar refractivity (Wildman–Crippen MR) is 47.5 cm³/mol. The van der Waals surface area contributed by atoms with Crippen molar-refractivity contribution >= 4 is 5.97 Å². The van der Waals surface area contributed by atoms with Crippen LogP contribution in [0.2, 0.25) is 0 Å². The van der Waals surface area contributed by atoms with E-state index in [4.69, 9.17) is 5.11 Å². The SMILES string of the molecule is Cc1cc(CC(=O)O)cc(C(F)(F)F)c1F. The second kappa shape index (κ2) is 4.11. The molecule has 0 fully saturated rings. The molecule has 0 aromatic heterocycles. The van der Waals surface area contributed by atoms with E-state index in [0.29, 0.717) is 6.07 Å². The molecule has 0 aliphatic rings. The molecule has 0 aliphatic heterocycles. The van der Waals surface area contributed by atoms with Crippen molar-refractivity contribution in [3.8, 4) is 0 Å². The first-order valence-corrected chi connectivity index (χ1v) is 4.30. The van der Waals surface area contributed by atoms with Gasteiger partial charge in [0.25, 0.3) is 0 Å². The Morgan fingerprint density at radius 3 is 2.38 bits per heavy atom. The summed E-state index contributed by atoms with van der Waals surface area (Å²) in [4.78, 5) is 10.4. The first-order valence-electron chi connectivity index (χ1n) is 4.30. The molecule has 1 rings (SSSR count). The van der Waals surface area contributed by atoms with Crippen molar-refractivity contribution in [2.45, 2.75) is 19.5 Å². The van der Waals surface area contributed by atoms with Gasteiger partial charge in [-0.3, -0.25) is 4.79 Å². The molecule has 0 spiro atoms. The Morgan fingerprint density at radius 1 is 1.38 bits per heavy atom. The van der Waals surface area contributed by atoms with E-state index in [0.717, 1.165) is 13.0 Å². The highest BCUT2D eigenvalue weighted by Crippen LogP contribution is 2.33. The zero-order chi connectivity index (χ0) is 12.5. The molecule has 1 aromatic rings. The van der Waals surface area contributed by atoms with Crippen LogP contribution in [0.25, 0.3) is 0 Å². The molecule has 2 nitrogen and oxygen atoms in total. The summed E-state index contributed by atoms with van der Waals surface area (Å²) in [5.41, 5.74) is -1.71. The quantitative estimate of drug-likeness (QED) is 0.801. The van der Waals surface area contributed by atoms with Gasteiger partial charge < -0.3 is 5.11 Å². The third-order valence-corrected chi connectivity index (χ3v) is 1.98. The number of alkyl halides is 3. The van der Waals surface area contributed by atoms with Crippen LogP contribution in [0.4, 0.5) is 17.6 Å². The standard InChI is InChI=1S/C10H8F4O2/c1-5-2-6(4-8(15)16)3-7(9(5)11)10(12,13)14/h2-3H,4H2,1H3,(H,15,16). The van der Waals surface area contributed by atoms with E-state index in [2.05, 4.69) is 0 Å². The summed E-state index contributed by atoms with van der Waals surface area (Å²) in [7, 11) is 0. The summed E-state index contributed by atoms with van der Waals surface area (Å²) < 4.78 is 50.2. The van der Waals surface area contributed by atoms with Gasteiger partial charge in [0.2, 0.25) is 0 Å². The van der Waals surface area contributed by atoms with Crippen LogP contribution < -0.4 is 0 Å². The van der Waals surface area contributed by atoms with Crippen LogP contribution >= 0.6 is 0 Å². The molecule has 0 saturated carbocycles. The fraction of sp³-hybridized carbons (Fsp3) is 0.300. The number of aliphatic carboxylic acids is 1. The highest BCUT2D eigenvalue weighted by Gasteiger charge is 2.35. The highest BCUT2D eigenvalue weighted by molar-refractivity contribution is 5.70. The molecular weight excluding hydrogens is 228 g/mol. The maximum atomic E-state index is 13.1. The van der Waals surface area contributed by atoms with Crippen LogP contribution in [0.5, 0.6) is 0 Å². The van der Waals surface area contributed by atoms with Crippen molar-refractivity contribution in [2.75, 3.05) is 0 Å². The van der Waals surface area contributed by atoms with Gasteiger partial charge in [-0.25, -0.2) is 4.39 Å². The van der Waals surface area contributed by atoms with E-state index in [-0.39, 0.29) is 11.1 Å². The fourth-order valence-electron chi connectivity index (χ4n) is 1.33. The average Bonchev–Trinajstić information content (AvgIpc) is 2.08. The smallest absolute Gasteiger partial charge is 0.419 e. The summed E-state index contributed by atoms with van der Waals surface area (Å²) in [6.07, 6.45) is -5.38. The lowest BCUT2D eigenvalue weighted by Gasteiger charge is -2.11. The molecule has 0 heterocycles. The molecule has 88 valence electrons. The first kappa shape index (κ1) is 12.5. The number of rotatable bonds is 2. The number of carbonyl (C=O) groups is 1. The van der Waals surface area contributed by atoms with Crippen LogP contribution in [-0.4, -0.2) is 11.1 Å². The van der Waals surface area contributed by atoms with E-state index in [1.54, 1.807) is 0 Å². The predicted octanol–water partition coefficient (Wildman–Crippen LogP) is 2.78. The zero-order valence-corrected chi connectivity index (χ0v) is 8.23. The number of benzene rings is 1. The van der Waals surface area contributed by atoms with E-state index < -0.39 is 29.9 Å². The lowest BCUT2D eigenvalue weighted by Crippen LogP contribution is -2.11. The van der Waals surface area contributed by atoms with Gasteiger partial charge >= 0.3 is 12.1 Å². The van der Waals surface area contributed by atoms with Crippen molar-refractivity contribution < 1.29 is 27.5 Å². The molecule has 1 N–H and O–H groups in total. The molecule has 0 amide bonds. The van der Waals surface area contributed by atoms with Gasteiger partial charge in [-0.2, -0.15) is 13.2 Å². The van der Waals surface area contributed by atoms with E-state index in [1.807, 2.05) is 0 Å². The summed E-state index contributed by atoms with van der Waals surface area (Å²) in [6, 6.07) is 1.62. The normalized spacial score (nSPS) is 11.6. The number of halogens is 4. The maximum absolute atomic E-state index is 13.1. The highest BCUT2D eigenvalue weighted by atomic mass is 19.4. The van der Waals surface area contributed by atoms with Gasteiger partial charge in [0.1, 0.15) is 5.82 Å². The largest absolute Gasteiger partial charge is 0.481 e. The van der Waals surface area contributed by atoms with E-state index in [9.17, 15) is 22.4 Å². The molecule has 0 atom stereocenters. The second-order valence-corrected chi connectivity index (χ2v) is 3.34. The Labute approximate surface area is 88.5 Å². The summed E-state index contributed by atoms with van der Waals surface area (Å²) in [5, 5.41) is 8.45. The summed E-state index contributed by atoms with van der Waals surface area (Å²) in [5.74, 6) is -2.62. The van der Waals surface area contributed by atoms with Crippen molar-refractivity contribution in [3.63, 3.8) is 0 Å². The minimum absolute atomic E-state index is 0.0706. The minimum atomic E-state index is -4.82. The summed E-state index contributed by atoms with van der Waals surface area (Å²) in [6.45, 7) is 1.16.